The molecule has 5 rings (SSSR count). The first-order valence-corrected chi connectivity index (χ1v) is 14.5. The Kier molecular flexibility index (Phi) is 8.62. The highest BCUT2D eigenvalue weighted by molar-refractivity contribution is 7.13. The monoisotopic (exact) mass is 563 g/mol. The van der Waals surface area contributed by atoms with Gasteiger partial charge in [-0.05, 0) is 35.1 Å². The van der Waals surface area contributed by atoms with Crippen LogP contribution >= 0.6 is 11.3 Å². The molecule has 10 heteroatoms. The number of hydroxylamine groups is 1. The predicted molar refractivity (Wildman–Crippen MR) is 155 cm³/mol. The fourth-order valence-electron chi connectivity index (χ4n) is 5.77. The van der Waals surface area contributed by atoms with Crippen LogP contribution in [0.1, 0.15) is 48.9 Å². The average molecular weight is 564 g/mol. The molecule has 4 atom stereocenters. The SMILES string of the molecule is CONC(=NCc1ccc(-c2scnc2C)cc1)[C@@H]1C[C@@H](O)CN1C(=O)C(C(C)C)N1Cc2ccccc2C1O. The number of aromatic nitrogens is 1. The number of hydrogen-bond donors (Lipinski definition) is 3. The summed E-state index contributed by atoms with van der Waals surface area (Å²) < 4.78 is 0. The van der Waals surface area contributed by atoms with Crippen molar-refractivity contribution in [3.63, 3.8) is 0 Å². The van der Waals surface area contributed by atoms with Gasteiger partial charge in [-0.25, -0.2) is 4.98 Å². The lowest BCUT2D eigenvalue weighted by atomic mass is 10.00. The molecule has 2 aliphatic rings. The van der Waals surface area contributed by atoms with Crippen LogP contribution in [0.15, 0.2) is 59.0 Å². The number of nitrogens with one attached hydrogen (secondary N) is 1. The molecule has 1 aromatic heterocycles. The number of aliphatic hydroxyl groups is 2. The molecule has 3 N–H and O–H groups in total. The first kappa shape index (κ1) is 28.4. The Labute approximate surface area is 239 Å². The van der Waals surface area contributed by atoms with E-state index >= 15 is 0 Å². The number of amides is 1. The largest absolute Gasteiger partial charge is 0.391 e. The minimum Gasteiger partial charge on any atom is -0.391 e. The molecule has 0 bridgehead atoms. The third kappa shape index (κ3) is 5.68. The molecule has 0 spiro atoms. The Morgan fingerprint density at radius 3 is 2.60 bits per heavy atom. The first-order valence-electron chi connectivity index (χ1n) is 13.6. The smallest absolute Gasteiger partial charge is 0.241 e. The van der Waals surface area contributed by atoms with Crippen molar-refractivity contribution in [3.8, 4) is 10.4 Å². The number of nitrogens with zero attached hydrogens (tertiary/aromatic N) is 4. The molecule has 2 unspecified atom stereocenters. The number of carbonyl (C=O) groups is 1. The fourth-order valence-corrected chi connectivity index (χ4v) is 6.58. The number of hydrogen-bond acceptors (Lipinski definition) is 8. The number of likely N-dealkylation sites (tertiary alicyclic amines) is 1. The molecule has 1 fully saturated rings. The summed E-state index contributed by atoms with van der Waals surface area (Å²) in [4.78, 5) is 33.2. The number of amidine groups is 1. The van der Waals surface area contributed by atoms with E-state index in [1.807, 2.05) is 67.6 Å². The molecule has 0 saturated carbocycles. The lowest BCUT2D eigenvalue weighted by molar-refractivity contribution is -0.145. The maximum Gasteiger partial charge on any atom is 0.241 e. The van der Waals surface area contributed by atoms with Crippen LogP contribution in [0.2, 0.25) is 0 Å². The van der Waals surface area contributed by atoms with Crippen molar-refractivity contribution in [3.05, 3.63) is 76.4 Å². The molecule has 2 aromatic carbocycles. The van der Waals surface area contributed by atoms with Crippen molar-refractivity contribution in [2.24, 2.45) is 10.9 Å². The Morgan fingerprint density at radius 1 is 1.20 bits per heavy atom. The van der Waals surface area contributed by atoms with E-state index in [-0.39, 0.29) is 18.4 Å². The second-order valence-corrected chi connectivity index (χ2v) is 11.7. The van der Waals surface area contributed by atoms with Crippen molar-refractivity contribution >= 4 is 23.1 Å². The Bertz CT molecular complexity index is 1360. The summed E-state index contributed by atoms with van der Waals surface area (Å²) in [6.07, 6.45) is -1.20. The number of benzene rings is 2. The fraction of sp³-hybridized carbons (Fsp3) is 0.433. The molecule has 2 aliphatic heterocycles. The van der Waals surface area contributed by atoms with Crippen LogP contribution in [-0.4, -0.2) is 68.6 Å². The second kappa shape index (κ2) is 12.2. The first-order chi connectivity index (χ1) is 19.3. The van der Waals surface area contributed by atoms with Crippen molar-refractivity contribution in [1.82, 2.24) is 20.3 Å². The summed E-state index contributed by atoms with van der Waals surface area (Å²) in [5, 5.41) is 21.8. The van der Waals surface area contributed by atoms with Gasteiger partial charge in [-0.1, -0.05) is 62.4 Å². The van der Waals surface area contributed by atoms with Gasteiger partial charge in [-0.15, -0.1) is 11.3 Å². The lowest BCUT2D eigenvalue weighted by Gasteiger charge is -2.37. The summed E-state index contributed by atoms with van der Waals surface area (Å²) in [6.45, 7) is 7.04. The van der Waals surface area contributed by atoms with Crippen LogP contribution in [0.5, 0.6) is 0 Å². The zero-order chi connectivity index (χ0) is 28.4. The maximum atomic E-state index is 14.1. The van der Waals surface area contributed by atoms with Crippen LogP contribution in [0, 0.1) is 12.8 Å². The molecule has 212 valence electrons. The van der Waals surface area contributed by atoms with Crippen LogP contribution in [0.3, 0.4) is 0 Å². The molecule has 0 radical (unpaired) electrons. The molecule has 9 nitrogen and oxygen atoms in total. The van der Waals surface area contributed by atoms with Crippen molar-refractivity contribution in [1.29, 1.82) is 0 Å². The summed E-state index contributed by atoms with van der Waals surface area (Å²) >= 11 is 1.62. The molecule has 0 aliphatic carbocycles. The maximum absolute atomic E-state index is 14.1. The van der Waals surface area contributed by atoms with Gasteiger partial charge in [-0.2, -0.15) is 0 Å². The van der Waals surface area contributed by atoms with Gasteiger partial charge >= 0.3 is 0 Å². The Morgan fingerprint density at radius 2 is 1.95 bits per heavy atom. The van der Waals surface area contributed by atoms with Gasteiger partial charge < -0.3 is 15.1 Å². The van der Waals surface area contributed by atoms with E-state index in [9.17, 15) is 15.0 Å². The number of aryl methyl sites for hydroxylation is 1. The van der Waals surface area contributed by atoms with E-state index < -0.39 is 24.4 Å². The summed E-state index contributed by atoms with van der Waals surface area (Å²) in [5.74, 6) is 0.284. The van der Waals surface area contributed by atoms with Gasteiger partial charge in [0, 0.05) is 19.5 Å². The zero-order valence-electron chi connectivity index (χ0n) is 23.3. The second-order valence-electron chi connectivity index (χ2n) is 10.8. The molecular formula is C30H37N5O4S. The van der Waals surface area contributed by atoms with E-state index in [2.05, 4.69) is 22.6 Å². The van der Waals surface area contributed by atoms with Gasteiger partial charge in [0.1, 0.15) is 12.1 Å². The summed E-state index contributed by atoms with van der Waals surface area (Å²) in [5.41, 5.74) is 9.71. The third-order valence-corrected chi connectivity index (χ3v) is 8.70. The number of fused-ring (bicyclic) bond motifs is 1. The van der Waals surface area contributed by atoms with E-state index in [0.717, 1.165) is 32.8 Å². The van der Waals surface area contributed by atoms with Crippen LogP contribution in [0.25, 0.3) is 10.4 Å². The molecule has 3 aromatic rings. The van der Waals surface area contributed by atoms with Crippen LogP contribution in [-0.2, 0) is 22.7 Å². The number of thiazole rings is 1. The summed E-state index contributed by atoms with van der Waals surface area (Å²) in [7, 11) is 1.51. The van der Waals surface area contributed by atoms with Gasteiger partial charge in [0.05, 0.1) is 47.9 Å². The van der Waals surface area contributed by atoms with Crippen molar-refractivity contribution in [2.45, 2.75) is 64.7 Å². The Hall–Kier alpha value is -3.15. The minimum absolute atomic E-state index is 0.0636. The molecular weight excluding hydrogens is 526 g/mol. The Balaban J connectivity index is 1.36. The number of β-amino-alcohol motifs (C(OH)–C–C–N with tert-alkyl or cyclic N) is 1. The molecule has 1 amide bonds. The highest BCUT2D eigenvalue weighted by Crippen LogP contribution is 2.36. The number of aliphatic imine (C=N–C) groups is 1. The standard InChI is InChI=1S/C30H37N5O4S/c1-18(2)26(35-15-22-7-5-6-8-24(22)29(35)37)30(38)34-16-23(36)13-25(34)28(33-39-4)31-14-20-9-11-21(12-10-20)27-19(3)32-17-40-27/h5-12,17-18,23,25-26,29,36-37H,13-16H2,1-4H3,(H,31,33)/t23-,25+,26?,29?/m1/s1. The summed E-state index contributed by atoms with van der Waals surface area (Å²) in [6, 6.07) is 14.9. The van der Waals surface area contributed by atoms with Gasteiger partial charge in [0.2, 0.25) is 5.91 Å². The van der Waals surface area contributed by atoms with Gasteiger partial charge in [0.15, 0.2) is 0 Å². The molecule has 1 saturated heterocycles. The van der Waals surface area contributed by atoms with E-state index in [1.165, 1.54) is 7.11 Å². The topological polar surface area (TPSA) is 111 Å². The van der Waals surface area contributed by atoms with Gasteiger partial charge in [-0.3, -0.25) is 25.0 Å². The normalized spacial score (nSPS) is 22.1. The minimum atomic E-state index is -0.861. The van der Waals surface area contributed by atoms with Crippen LogP contribution in [0.4, 0.5) is 0 Å². The highest BCUT2D eigenvalue weighted by atomic mass is 32.1. The van der Waals surface area contributed by atoms with Crippen LogP contribution < -0.4 is 5.48 Å². The molecule has 40 heavy (non-hydrogen) atoms. The average Bonchev–Trinajstić information content (AvgIpc) is 3.64. The number of rotatable bonds is 8. The predicted octanol–water partition coefficient (Wildman–Crippen LogP) is 3.66. The third-order valence-electron chi connectivity index (χ3n) is 7.72. The van der Waals surface area contributed by atoms with E-state index in [1.54, 1.807) is 16.2 Å². The van der Waals surface area contributed by atoms with E-state index in [4.69, 9.17) is 9.83 Å². The van der Waals surface area contributed by atoms with Gasteiger partial charge in [0.25, 0.3) is 0 Å². The zero-order valence-corrected chi connectivity index (χ0v) is 24.1. The van der Waals surface area contributed by atoms with Crippen molar-refractivity contribution < 1.29 is 19.8 Å². The number of carbonyl (C=O) groups excluding carboxylic acids is 1. The highest BCUT2D eigenvalue weighted by Gasteiger charge is 2.45. The quantitative estimate of drug-likeness (QED) is 0.218. The lowest BCUT2D eigenvalue weighted by Crippen LogP contribution is -2.55. The van der Waals surface area contributed by atoms with Crippen molar-refractivity contribution in [2.75, 3.05) is 13.7 Å². The van der Waals surface area contributed by atoms with E-state index in [0.29, 0.717) is 25.3 Å². The number of aliphatic hydroxyl groups excluding tert-OH is 2. The molecule has 3 heterocycles.